The number of aryl methyl sites for hydroxylation is 1. The van der Waals surface area contributed by atoms with Gasteiger partial charge in [-0.3, -0.25) is 4.79 Å². The van der Waals surface area contributed by atoms with E-state index in [4.69, 9.17) is 9.47 Å². The molecule has 4 heteroatoms. The van der Waals surface area contributed by atoms with E-state index >= 15 is 0 Å². The van der Waals surface area contributed by atoms with E-state index in [-0.39, 0.29) is 11.5 Å². The number of aromatic hydroxyl groups is 1. The van der Waals surface area contributed by atoms with Gasteiger partial charge in [0.15, 0.2) is 5.78 Å². The molecule has 0 heterocycles. The summed E-state index contributed by atoms with van der Waals surface area (Å²) < 4.78 is 12.2. The second kappa shape index (κ2) is 12.7. The minimum atomic E-state index is -0.130. The van der Waals surface area contributed by atoms with E-state index in [1.54, 1.807) is 24.3 Å². The van der Waals surface area contributed by atoms with Crippen LogP contribution in [0.4, 0.5) is 0 Å². The first-order valence-corrected chi connectivity index (χ1v) is 11.0. The zero-order valence-corrected chi connectivity index (χ0v) is 18.4. The maximum atomic E-state index is 12.6. The third kappa shape index (κ3) is 6.94. The molecule has 0 bridgehead atoms. The first-order chi connectivity index (χ1) is 14.6. The first-order valence-electron chi connectivity index (χ1n) is 11.0. The van der Waals surface area contributed by atoms with Crippen molar-refractivity contribution in [2.75, 3.05) is 13.2 Å². The lowest BCUT2D eigenvalue weighted by molar-refractivity contribution is 0.104. The Bertz CT molecular complexity index is 822. The monoisotopic (exact) mass is 410 g/mol. The van der Waals surface area contributed by atoms with Gasteiger partial charge in [0.2, 0.25) is 0 Å². The molecule has 0 spiro atoms. The summed E-state index contributed by atoms with van der Waals surface area (Å²) in [7, 11) is 0. The minimum Gasteiger partial charge on any atom is -0.508 e. The zero-order chi connectivity index (χ0) is 21.8. The summed E-state index contributed by atoms with van der Waals surface area (Å²) >= 11 is 0. The van der Waals surface area contributed by atoms with Crippen molar-refractivity contribution in [1.29, 1.82) is 0 Å². The fourth-order valence-corrected chi connectivity index (χ4v) is 3.07. The quantitative estimate of drug-likeness (QED) is 0.230. The highest BCUT2D eigenvalue weighted by Gasteiger charge is 2.15. The number of ether oxygens (including phenoxy) is 2. The summed E-state index contributed by atoms with van der Waals surface area (Å²) in [5, 5.41) is 9.44. The second-order valence-corrected chi connectivity index (χ2v) is 7.36. The van der Waals surface area contributed by atoms with Gasteiger partial charge in [-0.2, -0.15) is 0 Å². The van der Waals surface area contributed by atoms with Crippen LogP contribution in [0.5, 0.6) is 17.2 Å². The molecule has 0 amide bonds. The highest BCUT2D eigenvalue weighted by atomic mass is 16.5. The van der Waals surface area contributed by atoms with Crippen LogP contribution in [0.15, 0.2) is 42.5 Å². The molecular weight excluding hydrogens is 376 g/mol. The van der Waals surface area contributed by atoms with E-state index in [1.165, 1.54) is 12.1 Å². The number of allylic oxidation sites excluding steroid dienone is 1. The number of hydrogen-bond acceptors (Lipinski definition) is 4. The fourth-order valence-electron chi connectivity index (χ4n) is 3.07. The van der Waals surface area contributed by atoms with Crippen molar-refractivity contribution in [3.05, 3.63) is 59.2 Å². The van der Waals surface area contributed by atoms with Gasteiger partial charge in [0.1, 0.15) is 17.2 Å². The molecule has 2 rings (SSSR count). The Morgan fingerprint density at radius 3 is 2.20 bits per heavy atom. The standard InChI is InChI=1S/C26H34O4/c1-4-7-18-29-25-17-12-21(9-6-3)26(30-19-8-5-2)23(25)15-16-24(28)20-10-13-22(27)14-11-20/h10-17,27H,4-9,18-19H2,1-3H3/b16-15+. The maximum Gasteiger partial charge on any atom is 0.185 e. The molecule has 4 nitrogen and oxygen atoms in total. The molecule has 0 aromatic heterocycles. The van der Waals surface area contributed by atoms with Crippen LogP contribution in [0.1, 0.15) is 74.4 Å². The van der Waals surface area contributed by atoms with E-state index in [9.17, 15) is 9.90 Å². The van der Waals surface area contributed by atoms with Gasteiger partial charge in [-0.05, 0) is 67.3 Å². The molecule has 0 aliphatic carbocycles. The predicted molar refractivity (Wildman–Crippen MR) is 123 cm³/mol. The molecule has 30 heavy (non-hydrogen) atoms. The highest BCUT2D eigenvalue weighted by molar-refractivity contribution is 6.07. The Hall–Kier alpha value is -2.75. The van der Waals surface area contributed by atoms with Crippen LogP contribution in [0, 0.1) is 0 Å². The molecule has 0 fully saturated rings. The van der Waals surface area contributed by atoms with Gasteiger partial charge in [0, 0.05) is 5.56 Å². The van der Waals surface area contributed by atoms with Gasteiger partial charge in [-0.1, -0.05) is 46.1 Å². The van der Waals surface area contributed by atoms with Crippen LogP contribution in [0.2, 0.25) is 0 Å². The molecule has 1 N–H and O–H groups in total. The molecule has 0 aliphatic rings. The lowest BCUT2D eigenvalue weighted by atomic mass is 10.0. The Morgan fingerprint density at radius 1 is 0.900 bits per heavy atom. The largest absolute Gasteiger partial charge is 0.508 e. The number of carbonyl (C=O) groups excluding carboxylic acids is 1. The average Bonchev–Trinajstić information content (AvgIpc) is 2.75. The number of unbranched alkanes of at least 4 members (excludes halogenated alkanes) is 2. The normalized spacial score (nSPS) is 11.0. The van der Waals surface area contributed by atoms with Crippen molar-refractivity contribution in [2.45, 2.75) is 59.3 Å². The molecule has 0 radical (unpaired) electrons. The topological polar surface area (TPSA) is 55.8 Å². The number of ketones is 1. The van der Waals surface area contributed by atoms with E-state index in [0.717, 1.165) is 61.2 Å². The van der Waals surface area contributed by atoms with Crippen LogP contribution >= 0.6 is 0 Å². The van der Waals surface area contributed by atoms with Gasteiger partial charge in [0.25, 0.3) is 0 Å². The number of rotatable bonds is 13. The van der Waals surface area contributed by atoms with Crippen LogP contribution in [0.25, 0.3) is 6.08 Å². The minimum absolute atomic E-state index is 0.130. The fraction of sp³-hybridized carbons (Fsp3) is 0.423. The highest BCUT2D eigenvalue weighted by Crippen LogP contribution is 2.35. The summed E-state index contributed by atoms with van der Waals surface area (Å²) in [5.41, 5.74) is 2.48. The van der Waals surface area contributed by atoms with Gasteiger partial charge in [-0.25, -0.2) is 0 Å². The zero-order valence-electron chi connectivity index (χ0n) is 18.4. The molecule has 0 aliphatic heterocycles. The number of phenolic OH excluding ortho intramolecular Hbond substituents is 1. The summed E-state index contributed by atoms with van der Waals surface area (Å²) in [6.45, 7) is 7.68. The van der Waals surface area contributed by atoms with Crippen molar-refractivity contribution in [2.24, 2.45) is 0 Å². The summed E-state index contributed by atoms with van der Waals surface area (Å²) in [6.07, 6.45) is 9.33. The van der Waals surface area contributed by atoms with E-state index in [0.29, 0.717) is 18.8 Å². The number of phenols is 1. The number of benzene rings is 2. The van der Waals surface area contributed by atoms with Crippen molar-refractivity contribution < 1.29 is 19.4 Å². The molecular formula is C26H34O4. The molecule has 0 unspecified atom stereocenters. The van der Waals surface area contributed by atoms with Crippen molar-refractivity contribution in [3.63, 3.8) is 0 Å². The molecule has 162 valence electrons. The van der Waals surface area contributed by atoms with Gasteiger partial charge in [0.05, 0.1) is 18.8 Å². The van der Waals surface area contributed by atoms with E-state index in [2.05, 4.69) is 26.8 Å². The second-order valence-electron chi connectivity index (χ2n) is 7.36. The lowest BCUT2D eigenvalue weighted by Gasteiger charge is -2.18. The third-order valence-electron chi connectivity index (χ3n) is 4.81. The van der Waals surface area contributed by atoms with Crippen LogP contribution in [-0.4, -0.2) is 24.1 Å². The Labute approximate surface area is 180 Å². The lowest BCUT2D eigenvalue weighted by Crippen LogP contribution is -2.05. The predicted octanol–water partition coefficient (Wildman–Crippen LogP) is 6.60. The smallest absolute Gasteiger partial charge is 0.185 e. The summed E-state index contributed by atoms with van der Waals surface area (Å²) in [5.74, 6) is 1.56. The Kier molecular flexibility index (Phi) is 9.99. The van der Waals surface area contributed by atoms with Gasteiger partial charge >= 0.3 is 0 Å². The van der Waals surface area contributed by atoms with E-state index < -0.39 is 0 Å². The van der Waals surface area contributed by atoms with Gasteiger partial charge < -0.3 is 14.6 Å². The molecule has 0 saturated carbocycles. The number of carbonyl (C=O) groups is 1. The molecule has 0 saturated heterocycles. The molecule has 0 atom stereocenters. The van der Waals surface area contributed by atoms with Crippen LogP contribution < -0.4 is 9.47 Å². The Morgan fingerprint density at radius 2 is 1.57 bits per heavy atom. The van der Waals surface area contributed by atoms with E-state index in [1.807, 2.05) is 6.07 Å². The summed E-state index contributed by atoms with van der Waals surface area (Å²) in [4.78, 5) is 12.6. The SMILES string of the molecule is CCCCOc1ccc(CCC)c(OCCCC)c1/C=C/C(=O)c1ccc(O)cc1. The van der Waals surface area contributed by atoms with Crippen LogP contribution in [-0.2, 0) is 6.42 Å². The van der Waals surface area contributed by atoms with Crippen molar-refractivity contribution in [3.8, 4) is 17.2 Å². The van der Waals surface area contributed by atoms with Gasteiger partial charge in [-0.15, -0.1) is 0 Å². The first kappa shape index (κ1) is 23.5. The van der Waals surface area contributed by atoms with Crippen molar-refractivity contribution >= 4 is 11.9 Å². The number of hydrogen-bond donors (Lipinski definition) is 1. The summed E-state index contributed by atoms with van der Waals surface area (Å²) in [6, 6.07) is 10.3. The van der Waals surface area contributed by atoms with Crippen LogP contribution in [0.3, 0.4) is 0 Å². The Balaban J connectivity index is 2.39. The molecule has 2 aromatic rings. The van der Waals surface area contributed by atoms with Crippen molar-refractivity contribution in [1.82, 2.24) is 0 Å². The average molecular weight is 411 g/mol. The third-order valence-corrected chi connectivity index (χ3v) is 4.81. The molecule has 2 aromatic carbocycles. The maximum absolute atomic E-state index is 12.6.